The molecule has 0 fully saturated rings. The Balaban J connectivity index is 3.02. The maximum absolute atomic E-state index is 10.3. The van der Waals surface area contributed by atoms with Gasteiger partial charge in [0.25, 0.3) is 0 Å². The molecule has 1 N–H and O–H groups in total. The van der Waals surface area contributed by atoms with Crippen molar-refractivity contribution in [1.29, 1.82) is 0 Å². The van der Waals surface area contributed by atoms with Crippen molar-refractivity contribution in [2.75, 3.05) is 14.2 Å². The quantitative estimate of drug-likeness (QED) is 0.732. The molecule has 1 heterocycles. The second-order valence-electron chi connectivity index (χ2n) is 2.49. The van der Waals surface area contributed by atoms with Gasteiger partial charge in [0.1, 0.15) is 0 Å². The van der Waals surface area contributed by atoms with Crippen molar-refractivity contribution in [2.45, 2.75) is 0 Å². The Morgan fingerprint density at radius 1 is 1.47 bits per heavy atom. The molecule has 0 radical (unpaired) electrons. The molecule has 0 unspecified atom stereocenters. The maximum atomic E-state index is 10.3. The number of methoxy groups -OCH3 is 2. The zero-order chi connectivity index (χ0) is 11.3. The van der Waals surface area contributed by atoms with Crippen molar-refractivity contribution in [3.8, 4) is 11.9 Å². The number of carboxylic acid groups (broad SMARTS) is 1. The molecule has 6 heteroatoms. The van der Waals surface area contributed by atoms with Gasteiger partial charge in [-0.1, -0.05) is 0 Å². The van der Waals surface area contributed by atoms with Gasteiger partial charge in [0.2, 0.25) is 5.88 Å². The first-order chi connectivity index (χ1) is 7.17. The van der Waals surface area contributed by atoms with Gasteiger partial charge < -0.3 is 14.6 Å². The van der Waals surface area contributed by atoms with Crippen molar-refractivity contribution in [1.82, 2.24) is 9.97 Å². The van der Waals surface area contributed by atoms with Gasteiger partial charge in [0, 0.05) is 12.3 Å². The third-order valence-electron chi connectivity index (χ3n) is 1.54. The van der Waals surface area contributed by atoms with E-state index >= 15 is 0 Å². The zero-order valence-corrected chi connectivity index (χ0v) is 8.30. The van der Waals surface area contributed by atoms with Crippen LogP contribution >= 0.6 is 0 Å². The lowest BCUT2D eigenvalue weighted by Crippen LogP contribution is -1.97. The van der Waals surface area contributed by atoms with Crippen LogP contribution in [0.25, 0.3) is 6.08 Å². The van der Waals surface area contributed by atoms with Crippen molar-refractivity contribution >= 4 is 12.0 Å². The molecule has 80 valence electrons. The van der Waals surface area contributed by atoms with E-state index in [1.165, 1.54) is 26.5 Å². The predicted molar refractivity (Wildman–Crippen MR) is 51.8 cm³/mol. The summed E-state index contributed by atoms with van der Waals surface area (Å²) in [6, 6.07) is 0.166. The van der Waals surface area contributed by atoms with Gasteiger partial charge in [-0.2, -0.15) is 4.98 Å². The molecule has 1 aromatic rings. The lowest BCUT2D eigenvalue weighted by molar-refractivity contribution is -0.131. The Kier molecular flexibility index (Phi) is 3.61. The van der Waals surface area contributed by atoms with Crippen LogP contribution in [0.2, 0.25) is 0 Å². The zero-order valence-electron chi connectivity index (χ0n) is 8.30. The number of aliphatic carboxylic acids is 1. The SMILES string of the molecule is COc1ncc(/C=C\C(=O)O)c(OC)n1. The van der Waals surface area contributed by atoms with Crippen LogP contribution in [0.1, 0.15) is 5.56 Å². The fraction of sp³-hybridized carbons (Fsp3) is 0.222. The summed E-state index contributed by atoms with van der Waals surface area (Å²) in [4.78, 5) is 18.0. The van der Waals surface area contributed by atoms with E-state index in [-0.39, 0.29) is 11.9 Å². The lowest BCUT2D eigenvalue weighted by atomic mass is 10.3. The van der Waals surface area contributed by atoms with Crippen LogP contribution in [-0.2, 0) is 4.79 Å². The van der Waals surface area contributed by atoms with Crippen molar-refractivity contribution in [3.05, 3.63) is 17.8 Å². The van der Waals surface area contributed by atoms with E-state index in [2.05, 4.69) is 9.97 Å². The van der Waals surface area contributed by atoms with Crippen molar-refractivity contribution in [2.24, 2.45) is 0 Å². The number of rotatable bonds is 4. The van der Waals surface area contributed by atoms with Crippen LogP contribution < -0.4 is 9.47 Å². The number of ether oxygens (including phenoxy) is 2. The molecule has 0 aliphatic heterocycles. The molecule has 1 rings (SSSR count). The second-order valence-corrected chi connectivity index (χ2v) is 2.49. The predicted octanol–water partition coefficient (Wildman–Crippen LogP) is 0.592. The van der Waals surface area contributed by atoms with Crippen LogP contribution in [0.4, 0.5) is 0 Å². The van der Waals surface area contributed by atoms with E-state index in [4.69, 9.17) is 14.6 Å². The highest BCUT2D eigenvalue weighted by atomic mass is 16.5. The Labute approximate surface area is 86.2 Å². The normalized spacial score (nSPS) is 10.3. The number of carboxylic acids is 1. The summed E-state index contributed by atoms with van der Waals surface area (Å²) in [5.41, 5.74) is 0.473. The van der Waals surface area contributed by atoms with Gasteiger partial charge in [-0.3, -0.25) is 0 Å². The Morgan fingerprint density at radius 3 is 2.73 bits per heavy atom. The highest BCUT2D eigenvalue weighted by molar-refractivity contribution is 5.85. The lowest BCUT2D eigenvalue weighted by Gasteiger charge is -2.04. The van der Waals surface area contributed by atoms with Gasteiger partial charge in [0.15, 0.2) is 0 Å². The third-order valence-corrected chi connectivity index (χ3v) is 1.54. The van der Waals surface area contributed by atoms with E-state index in [1.807, 2.05) is 0 Å². The summed E-state index contributed by atoms with van der Waals surface area (Å²) in [5, 5.41) is 8.45. The van der Waals surface area contributed by atoms with E-state index in [1.54, 1.807) is 0 Å². The number of carbonyl (C=O) groups is 1. The second kappa shape index (κ2) is 4.94. The van der Waals surface area contributed by atoms with Crippen LogP contribution in [0, 0.1) is 0 Å². The molecule has 0 atom stereocenters. The minimum absolute atomic E-state index is 0.166. The fourth-order valence-electron chi connectivity index (χ4n) is 0.897. The molecular formula is C9H10N2O4. The number of nitrogens with zero attached hydrogens (tertiary/aromatic N) is 2. The average molecular weight is 210 g/mol. The first-order valence-electron chi connectivity index (χ1n) is 4.03. The van der Waals surface area contributed by atoms with Crippen LogP contribution in [0.5, 0.6) is 11.9 Å². The topological polar surface area (TPSA) is 81.5 Å². The smallest absolute Gasteiger partial charge is 0.328 e. The summed E-state index contributed by atoms with van der Waals surface area (Å²) < 4.78 is 9.74. The summed E-state index contributed by atoms with van der Waals surface area (Å²) in [6.45, 7) is 0. The van der Waals surface area contributed by atoms with Gasteiger partial charge in [-0.05, 0) is 6.08 Å². The molecule has 0 spiro atoms. The Bertz CT molecular complexity index is 390. The minimum Gasteiger partial charge on any atom is -0.480 e. The fourth-order valence-corrected chi connectivity index (χ4v) is 0.897. The molecule has 1 aromatic heterocycles. The summed E-state index contributed by atoms with van der Waals surface area (Å²) in [7, 11) is 2.86. The van der Waals surface area contributed by atoms with Gasteiger partial charge in [-0.15, -0.1) is 0 Å². The largest absolute Gasteiger partial charge is 0.480 e. The molecule has 6 nitrogen and oxygen atoms in total. The Morgan fingerprint density at radius 2 is 2.20 bits per heavy atom. The highest BCUT2D eigenvalue weighted by Gasteiger charge is 2.05. The van der Waals surface area contributed by atoms with Gasteiger partial charge >= 0.3 is 12.0 Å². The molecular weight excluding hydrogens is 200 g/mol. The molecule has 0 saturated carbocycles. The average Bonchev–Trinajstić information content (AvgIpc) is 2.25. The van der Waals surface area contributed by atoms with E-state index in [0.29, 0.717) is 5.56 Å². The molecule has 0 amide bonds. The van der Waals surface area contributed by atoms with E-state index in [9.17, 15) is 4.79 Å². The summed E-state index contributed by atoms with van der Waals surface area (Å²) in [6.07, 6.45) is 3.75. The minimum atomic E-state index is -1.05. The maximum Gasteiger partial charge on any atom is 0.328 e. The molecule has 0 aromatic carbocycles. The van der Waals surface area contributed by atoms with Gasteiger partial charge in [0.05, 0.1) is 19.8 Å². The molecule has 0 saturated heterocycles. The number of aromatic nitrogens is 2. The van der Waals surface area contributed by atoms with Crippen LogP contribution in [-0.4, -0.2) is 35.3 Å². The number of hydrogen-bond acceptors (Lipinski definition) is 5. The molecule has 15 heavy (non-hydrogen) atoms. The van der Waals surface area contributed by atoms with E-state index in [0.717, 1.165) is 6.08 Å². The standard InChI is InChI=1S/C9H10N2O4/c1-14-8-6(3-4-7(12)13)5-10-9(11-8)15-2/h3-5H,1-2H3,(H,12,13)/b4-3-. The number of hydrogen-bond donors (Lipinski definition) is 1. The third kappa shape index (κ3) is 2.94. The monoisotopic (exact) mass is 210 g/mol. The molecule has 0 aliphatic rings. The van der Waals surface area contributed by atoms with Crippen LogP contribution in [0.3, 0.4) is 0 Å². The van der Waals surface area contributed by atoms with Crippen molar-refractivity contribution < 1.29 is 19.4 Å². The Hall–Kier alpha value is -2.11. The van der Waals surface area contributed by atoms with Gasteiger partial charge in [-0.25, -0.2) is 9.78 Å². The first-order valence-corrected chi connectivity index (χ1v) is 4.03. The first kappa shape index (κ1) is 11.0. The van der Waals surface area contributed by atoms with Crippen LogP contribution in [0.15, 0.2) is 12.3 Å². The highest BCUT2D eigenvalue weighted by Crippen LogP contribution is 2.18. The van der Waals surface area contributed by atoms with Crippen molar-refractivity contribution in [3.63, 3.8) is 0 Å². The molecule has 0 aliphatic carbocycles. The summed E-state index contributed by atoms with van der Waals surface area (Å²) >= 11 is 0. The van der Waals surface area contributed by atoms with E-state index < -0.39 is 5.97 Å². The molecule has 0 bridgehead atoms. The summed E-state index contributed by atoms with van der Waals surface area (Å²) in [5.74, 6) is -0.785.